The van der Waals surface area contributed by atoms with Crippen molar-refractivity contribution in [1.29, 1.82) is 0 Å². The summed E-state index contributed by atoms with van der Waals surface area (Å²) < 4.78 is 90.2. The molecule has 0 radical (unpaired) electrons. The van der Waals surface area contributed by atoms with E-state index < -0.39 is 29.7 Å². The molecule has 0 heterocycles. The second-order valence-electron chi connectivity index (χ2n) is 11.9. The highest BCUT2D eigenvalue weighted by Crippen LogP contribution is 2.57. The summed E-state index contributed by atoms with van der Waals surface area (Å²) in [4.78, 5) is 23.1. The van der Waals surface area contributed by atoms with E-state index in [1.165, 1.54) is 25.3 Å². The van der Waals surface area contributed by atoms with Crippen LogP contribution in [0, 0.1) is 34.5 Å². The molecule has 5 atom stereocenters. The second kappa shape index (κ2) is 12.3. The Morgan fingerprint density at radius 3 is 2.12 bits per heavy atom. The van der Waals surface area contributed by atoms with Crippen molar-refractivity contribution in [3.8, 4) is 11.8 Å². The highest BCUT2D eigenvalue weighted by atomic mass is 19.4. The van der Waals surface area contributed by atoms with Gasteiger partial charge in [0.2, 0.25) is 5.41 Å². The molecule has 0 aromatic carbocycles. The highest BCUT2D eigenvalue weighted by molar-refractivity contribution is 5.67. The number of rotatable bonds is 5. The SMILES string of the molecule is CC(=O)OC1CC(=C/C=C2\CCC[C@]3(C)C([C@H](C)CC#CC(C)(C(F)(F)F)C(F)(F)F)=CC[C@@H]23)C[C@@H](OC(C)=O)C1. The molecule has 0 aromatic rings. The maximum absolute atomic E-state index is 13.2. The summed E-state index contributed by atoms with van der Waals surface area (Å²) >= 11 is 0. The number of ether oxygens (including phenoxy) is 2. The van der Waals surface area contributed by atoms with Crippen molar-refractivity contribution in [2.24, 2.45) is 22.7 Å². The van der Waals surface area contributed by atoms with Gasteiger partial charge in [0, 0.05) is 39.5 Å². The first-order valence-corrected chi connectivity index (χ1v) is 13.9. The van der Waals surface area contributed by atoms with Crippen molar-refractivity contribution in [2.45, 2.75) is 111 Å². The Balaban J connectivity index is 1.77. The molecule has 228 valence electrons. The van der Waals surface area contributed by atoms with Gasteiger partial charge >= 0.3 is 24.3 Å². The van der Waals surface area contributed by atoms with E-state index in [4.69, 9.17) is 9.47 Å². The number of hydrogen-bond donors (Lipinski definition) is 0. The predicted octanol–water partition coefficient (Wildman–Crippen LogP) is 8.18. The minimum absolute atomic E-state index is 0.0821. The summed E-state index contributed by atoms with van der Waals surface area (Å²) in [5, 5.41) is 0. The lowest BCUT2D eigenvalue weighted by atomic mass is 9.62. The third-order valence-electron chi connectivity index (χ3n) is 8.73. The van der Waals surface area contributed by atoms with E-state index in [9.17, 15) is 35.9 Å². The predicted molar refractivity (Wildman–Crippen MR) is 141 cm³/mol. The quantitative estimate of drug-likeness (QED) is 0.141. The van der Waals surface area contributed by atoms with Crippen LogP contribution in [0.4, 0.5) is 26.3 Å². The Morgan fingerprint density at radius 2 is 1.61 bits per heavy atom. The summed E-state index contributed by atoms with van der Waals surface area (Å²) in [7, 11) is 0. The van der Waals surface area contributed by atoms with Gasteiger partial charge in [-0.2, -0.15) is 26.3 Å². The fourth-order valence-corrected chi connectivity index (χ4v) is 6.55. The Morgan fingerprint density at radius 1 is 1.05 bits per heavy atom. The number of hydrogen-bond acceptors (Lipinski definition) is 4. The average Bonchev–Trinajstić information content (AvgIpc) is 3.17. The van der Waals surface area contributed by atoms with Crippen LogP contribution < -0.4 is 0 Å². The van der Waals surface area contributed by atoms with Crippen molar-refractivity contribution in [3.63, 3.8) is 0 Å². The Hall–Kier alpha value is -2.70. The van der Waals surface area contributed by atoms with E-state index in [-0.39, 0.29) is 42.8 Å². The fraction of sp³-hybridized carbons (Fsp3) is 0.677. The topological polar surface area (TPSA) is 52.6 Å². The zero-order valence-electron chi connectivity index (χ0n) is 24.1. The number of carbonyl (C=O) groups excluding carboxylic acids is 2. The first-order valence-electron chi connectivity index (χ1n) is 13.9. The molecule has 0 N–H and O–H groups in total. The highest BCUT2D eigenvalue weighted by Gasteiger charge is 2.67. The van der Waals surface area contributed by atoms with Crippen molar-refractivity contribution >= 4 is 11.9 Å². The molecule has 0 spiro atoms. The largest absolute Gasteiger partial charge is 0.462 e. The number of allylic oxidation sites excluding steroid dienone is 5. The maximum Gasteiger partial charge on any atom is 0.413 e. The Kier molecular flexibility index (Phi) is 9.82. The van der Waals surface area contributed by atoms with Crippen LogP contribution in [0.15, 0.2) is 34.9 Å². The average molecular weight is 589 g/mol. The molecule has 4 nitrogen and oxygen atoms in total. The fourth-order valence-electron chi connectivity index (χ4n) is 6.55. The standard InChI is InChI=1S/C31H38F6O4/c1-19(8-6-15-29(5,30(32,33)34)31(35,36)37)26-12-13-27-23(9-7-14-28(26,27)4)11-10-22-16-24(40-20(2)38)18-25(17-22)41-21(3)39/h10-12,19,24-25,27H,7-9,13-14,16-18H2,1-5H3/b22-10?,23-11+/t19-,24-,25?,27+,28-/m1/s1. The van der Waals surface area contributed by atoms with Crippen LogP contribution in [0.2, 0.25) is 0 Å². The summed E-state index contributed by atoms with van der Waals surface area (Å²) in [6, 6.07) is 0. The minimum Gasteiger partial charge on any atom is -0.462 e. The van der Waals surface area contributed by atoms with Gasteiger partial charge in [-0.1, -0.05) is 54.7 Å². The number of alkyl halides is 6. The van der Waals surface area contributed by atoms with E-state index in [0.29, 0.717) is 19.3 Å². The van der Waals surface area contributed by atoms with E-state index in [0.717, 1.165) is 36.8 Å². The molecule has 3 rings (SSSR count). The van der Waals surface area contributed by atoms with Crippen LogP contribution >= 0.6 is 0 Å². The molecule has 0 bridgehead atoms. The molecule has 3 aliphatic carbocycles. The van der Waals surface area contributed by atoms with Gasteiger partial charge in [0.25, 0.3) is 0 Å². The summed E-state index contributed by atoms with van der Waals surface area (Å²) in [5.74, 6) is 2.78. The van der Waals surface area contributed by atoms with Crippen LogP contribution in [0.1, 0.15) is 86.0 Å². The smallest absolute Gasteiger partial charge is 0.413 e. The normalized spacial score (nSPS) is 29.7. The first kappa shape index (κ1) is 32.8. The van der Waals surface area contributed by atoms with Gasteiger partial charge in [0.15, 0.2) is 0 Å². The zero-order chi connectivity index (χ0) is 30.8. The molecule has 10 heteroatoms. The number of fused-ring (bicyclic) bond motifs is 1. The Labute approximate surface area is 237 Å². The van der Waals surface area contributed by atoms with Gasteiger partial charge in [0.05, 0.1) is 0 Å². The molecule has 0 aromatic heterocycles. The molecule has 0 saturated heterocycles. The molecule has 2 saturated carbocycles. The number of halogens is 6. The Bertz CT molecular complexity index is 1130. The molecular weight excluding hydrogens is 550 g/mol. The third-order valence-corrected chi connectivity index (χ3v) is 8.73. The van der Waals surface area contributed by atoms with Gasteiger partial charge in [-0.15, -0.1) is 5.92 Å². The van der Waals surface area contributed by atoms with Gasteiger partial charge in [-0.3, -0.25) is 9.59 Å². The van der Waals surface area contributed by atoms with Gasteiger partial charge in [-0.05, 0) is 49.9 Å². The van der Waals surface area contributed by atoms with E-state index in [2.05, 4.69) is 25.0 Å². The van der Waals surface area contributed by atoms with Gasteiger partial charge in [-0.25, -0.2) is 0 Å². The van der Waals surface area contributed by atoms with E-state index in [1.54, 1.807) is 6.92 Å². The van der Waals surface area contributed by atoms with Crippen LogP contribution in [0.25, 0.3) is 0 Å². The second-order valence-corrected chi connectivity index (χ2v) is 11.9. The maximum atomic E-state index is 13.2. The monoisotopic (exact) mass is 588 g/mol. The van der Waals surface area contributed by atoms with Crippen molar-refractivity contribution in [3.05, 3.63) is 34.9 Å². The lowest BCUT2D eigenvalue weighted by Crippen LogP contribution is -2.46. The first-order chi connectivity index (χ1) is 18.9. The minimum atomic E-state index is -5.53. The van der Waals surface area contributed by atoms with Gasteiger partial charge in [0.1, 0.15) is 12.2 Å². The summed E-state index contributed by atoms with van der Waals surface area (Å²) in [6.45, 7) is 6.68. The van der Waals surface area contributed by atoms with Crippen molar-refractivity contribution < 1.29 is 45.4 Å². The molecule has 2 fully saturated rings. The van der Waals surface area contributed by atoms with Crippen LogP contribution in [0.3, 0.4) is 0 Å². The van der Waals surface area contributed by atoms with Crippen LogP contribution in [-0.4, -0.2) is 36.5 Å². The lowest BCUT2D eigenvalue weighted by Gasteiger charge is -2.42. The summed E-state index contributed by atoms with van der Waals surface area (Å²) in [5.41, 5.74) is -1.10. The number of carbonyl (C=O) groups is 2. The zero-order valence-corrected chi connectivity index (χ0v) is 24.1. The summed E-state index contributed by atoms with van der Waals surface area (Å²) in [6.07, 6.45) is -0.898. The van der Waals surface area contributed by atoms with Crippen LogP contribution in [0.5, 0.6) is 0 Å². The molecular formula is C31H38F6O4. The molecule has 41 heavy (non-hydrogen) atoms. The van der Waals surface area contributed by atoms with Crippen LogP contribution in [-0.2, 0) is 19.1 Å². The molecule has 0 amide bonds. The number of esters is 2. The van der Waals surface area contributed by atoms with E-state index in [1.807, 2.05) is 6.08 Å². The van der Waals surface area contributed by atoms with E-state index >= 15 is 0 Å². The third kappa shape index (κ3) is 7.39. The molecule has 0 aliphatic heterocycles. The van der Waals surface area contributed by atoms with Crippen molar-refractivity contribution in [1.82, 2.24) is 0 Å². The molecule has 3 aliphatic rings. The molecule has 1 unspecified atom stereocenters. The van der Waals surface area contributed by atoms with Gasteiger partial charge < -0.3 is 9.47 Å². The van der Waals surface area contributed by atoms with Crippen molar-refractivity contribution in [2.75, 3.05) is 0 Å². The lowest BCUT2D eigenvalue weighted by molar-refractivity contribution is -0.310.